The lowest BCUT2D eigenvalue weighted by molar-refractivity contribution is -0.115. The van der Waals surface area contributed by atoms with E-state index in [0.29, 0.717) is 28.9 Å². The molecule has 1 amide bonds. The Bertz CT molecular complexity index is 907. The minimum atomic E-state index is -1.29. The molecule has 1 aromatic carbocycles. The molecule has 3 aromatic rings. The van der Waals surface area contributed by atoms with Gasteiger partial charge < -0.3 is 5.32 Å². The van der Waals surface area contributed by atoms with Crippen LogP contribution in [-0.2, 0) is 18.3 Å². The fourth-order valence-electron chi connectivity index (χ4n) is 2.22. The average Bonchev–Trinajstić information content (AvgIpc) is 2.88. The molecule has 2 heterocycles. The van der Waals surface area contributed by atoms with E-state index >= 15 is 0 Å². The Kier molecular flexibility index (Phi) is 3.73. The number of anilines is 1. The number of hydrogen-bond donors (Lipinski definition) is 1. The Morgan fingerprint density at radius 2 is 1.96 bits per heavy atom. The molecule has 0 unspecified atom stereocenters. The van der Waals surface area contributed by atoms with Crippen molar-refractivity contribution in [3.05, 3.63) is 53.6 Å². The van der Waals surface area contributed by atoms with Crippen molar-refractivity contribution < 1.29 is 18.0 Å². The summed E-state index contributed by atoms with van der Waals surface area (Å²) in [5.41, 5.74) is 0.802. The lowest BCUT2D eigenvalue weighted by atomic mass is 10.1. The Labute approximate surface area is 128 Å². The van der Waals surface area contributed by atoms with Crippen molar-refractivity contribution in [1.29, 1.82) is 0 Å². The number of rotatable bonds is 3. The SMILES string of the molecule is Cn1ncc2c(NC(=O)Cc3cc(F)c(F)cc3F)ccnc21. The highest BCUT2D eigenvalue weighted by Gasteiger charge is 2.14. The molecule has 8 heteroatoms. The lowest BCUT2D eigenvalue weighted by Crippen LogP contribution is -2.16. The zero-order valence-corrected chi connectivity index (χ0v) is 12.0. The molecule has 1 N–H and O–H groups in total. The van der Waals surface area contributed by atoms with Gasteiger partial charge >= 0.3 is 0 Å². The molecule has 0 spiro atoms. The molecule has 0 aliphatic heterocycles. The molecular weight excluding hydrogens is 309 g/mol. The number of aryl methyl sites for hydroxylation is 1. The Balaban J connectivity index is 1.83. The molecule has 0 atom stereocenters. The average molecular weight is 320 g/mol. The number of amides is 1. The molecule has 23 heavy (non-hydrogen) atoms. The molecule has 0 fully saturated rings. The number of nitrogens with zero attached hydrogens (tertiary/aromatic N) is 3. The van der Waals surface area contributed by atoms with Gasteiger partial charge in [-0.2, -0.15) is 5.10 Å². The van der Waals surface area contributed by atoms with Crippen LogP contribution >= 0.6 is 0 Å². The molecule has 3 rings (SSSR count). The highest BCUT2D eigenvalue weighted by molar-refractivity contribution is 6.00. The van der Waals surface area contributed by atoms with Crippen molar-refractivity contribution in [3.63, 3.8) is 0 Å². The summed E-state index contributed by atoms with van der Waals surface area (Å²) in [7, 11) is 1.71. The molecule has 0 aliphatic carbocycles. The van der Waals surface area contributed by atoms with E-state index in [4.69, 9.17) is 0 Å². The normalized spacial score (nSPS) is 11.0. The maximum absolute atomic E-state index is 13.6. The van der Waals surface area contributed by atoms with Crippen molar-refractivity contribution in [3.8, 4) is 0 Å². The van der Waals surface area contributed by atoms with Crippen molar-refractivity contribution in [1.82, 2.24) is 14.8 Å². The molecule has 5 nitrogen and oxygen atoms in total. The van der Waals surface area contributed by atoms with Crippen LogP contribution in [0.4, 0.5) is 18.9 Å². The van der Waals surface area contributed by atoms with E-state index < -0.39 is 29.8 Å². The second-order valence-electron chi connectivity index (χ2n) is 4.95. The number of hydrogen-bond acceptors (Lipinski definition) is 3. The third-order valence-corrected chi connectivity index (χ3v) is 3.35. The van der Waals surface area contributed by atoms with Gasteiger partial charge in [-0.3, -0.25) is 9.48 Å². The summed E-state index contributed by atoms with van der Waals surface area (Å²) in [6.07, 6.45) is 2.61. The Morgan fingerprint density at radius 1 is 1.22 bits per heavy atom. The monoisotopic (exact) mass is 320 g/mol. The molecule has 0 bridgehead atoms. The molecule has 0 radical (unpaired) electrons. The Hall–Kier alpha value is -2.90. The number of fused-ring (bicyclic) bond motifs is 1. The summed E-state index contributed by atoms with van der Waals surface area (Å²) < 4.78 is 41.2. The molecule has 2 aromatic heterocycles. The van der Waals surface area contributed by atoms with Gasteiger partial charge in [0, 0.05) is 24.9 Å². The Morgan fingerprint density at radius 3 is 2.74 bits per heavy atom. The van der Waals surface area contributed by atoms with Crippen molar-refractivity contribution >= 4 is 22.6 Å². The number of nitrogens with one attached hydrogen (secondary N) is 1. The first kappa shape index (κ1) is 15.0. The first-order valence-corrected chi connectivity index (χ1v) is 6.65. The van der Waals surface area contributed by atoms with Gasteiger partial charge in [0.05, 0.1) is 23.7 Å². The minimum absolute atomic E-state index is 0.224. The highest BCUT2D eigenvalue weighted by atomic mass is 19.2. The second kappa shape index (κ2) is 5.71. The molecular formula is C15H11F3N4O. The van der Waals surface area contributed by atoms with Gasteiger partial charge in [-0.05, 0) is 12.1 Å². The predicted molar refractivity (Wildman–Crippen MR) is 77.2 cm³/mol. The molecule has 0 saturated heterocycles. The predicted octanol–water partition coefficient (Wildman–Crippen LogP) is 2.57. The zero-order chi connectivity index (χ0) is 16.6. The second-order valence-corrected chi connectivity index (χ2v) is 4.95. The molecule has 0 saturated carbocycles. The third kappa shape index (κ3) is 2.87. The molecule has 118 valence electrons. The fraction of sp³-hybridized carbons (Fsp3) is 0.133. The van der Waals surface area contributed by atoms with Gasteiger partial charge in [-0.15, -0.1) is 0 Å². The maximum atomic E-state index is 13.6. The van der Waals surface area contributed by atoms with Gasteiger partial charge in [0.25, 0.3) is 0 Å². The number of benzene rings is 1. The van der Waals surface area contributed by atoms with Gasteiger partial charge in [0.15, 0.2) is 17.3 Å². The third-order valence-electron chi connectivity index (χ3n) is 3.35. The first-order valence-electron chi connectivity index (χ1n) is 6.65. The number of carbonyl (C=O) groups is 1. The van der Waals surface area contributed by atoms with Gasteiger partial charge in [-0.25, -0.2) is 18.2 Å². The lowest BCUT2D eigenvalue weighted by Gasteiger charge is -2.07. The van der Waals surface area contributed by atoms with Crippen LogP contribution < -0.4 is 5.32 Å². The smallest absolute Gasteiger partial charge is 0.228 e. The summed E-state index contributed by atoms with van der Waals surface area (Å²) in [6, 6.07) is 2.67. The van der Waals surface area contributed by atoms with Crippen LogP contribution in [0.25, 0.3) is 11.0 Å². The van der Waals surface area contributed by atoms with E-state index in [2.05, 4.69) is 15.4 Å². The van der Waals surface area contributed by atoms with E-state index in [0.717, 1.165) is 0 Å². The largest absolute Gasteiger partial charge is 0.325 e. The van der Waals surface area contributed by atoms with E-state index in [1.807, 2.05) is 0 Å². The van der Waals surface area contributed by atoms with E-state index in [1.54, 1.807) is 17.8 Å². The van der Waals surface area contributed by atoms with Gasteiger partial charge in [0.1, 0.15) is 5.82 Å². The first-order chi connectivity index (χ1) is 11.0. The quantitative estimate of drug-likeness (QED) is 0.755. The van der Waals surface area contributed by atoms with Crippen molar-refractivity contribution in [2.24, 2.45) is 7.05 Å². The summed E-state index contributed by atoms with van der Waals surface area (Å²) in [5.74, 6) is -4.03. The molecule has 0 aliphatic rings. The maximum Gasteiger partial charge on any atom is 0.228 e. The van der Waals surface area contributed by atoms with E-state index in [9.17, 15) is 18.0 Å². The van der Waals surface area contributed by atoms with Crippen LogP contribution in [0, 0.1) is 17.5 Å². The van der Waals surface area contributed by atoms with Crippen molar-refractivity contribution in [2.45, 2.75) is 6.42 Å². The number of halogens is 3. The summed E-state index contributed by atoms with van der Waals surface area (Å²) in [6.45, 7) is 0. The highest BCUT2D eigenvalue weighted by Crippen LogP contribution is 2.21. The fourth-order valence-corrected chi connectivity index (χ4v) is 2.22. The van der Waals surface area contributed by atoms with Crippen LogP contribution in [0.15, 0.2) is 30.6 Å². The van der Waals surface area contributed by atoms with Crippen LogP contribution in [0.1, 0.15) is 5.56 Å². The van der Waals surface area contributed by atoms with Crippen molar-refractivity contribution in [2.75, 3.05) is 5.32 Å². The zero-order valence-electron chi connectivity index (χ0n) is 12.0. The van der Waals surface area contributed by atoms with Crippen LogP contribution in [-0.4, -0.2) is 20.7 Å². The van der Waals surface area contributed by atoms with E-state index in [1.165, 1.54) is 12.4 Å². The van der Waals surface area contributed by atoms with Crippen LogP contribution in [0.3, 0.4) is 0 Å². The summed E-state index contributed by atoms with van der Waals surface area (Å²) in [4.78, 5) is 16.2. The van der Waals surface area contributed by atoms with Crippen LogP contribution in [0.5, 0.6) is 0 Å². The van der Waals surface area contributed by atoms with Gasteiger partial charge in [0.2, 0.25) is 5.91 Å². The number of carbonyl (C=O) groups excluding carboxylic acids is 1. The minimum Gasteiger partial charge on any atom is -0.325 e. The van der Waals surface area contributed by atoms with E-state index in [-0.39, 0.29) is 5.56 Å². The topological polar surface area (TPSA) is 59.8 Å². The van der Waals surface area contributed by atoms with Gasteiger partial charge in [-0.1, -0.05) is 0 Å². The van der Waals surface area contributed by atoms with Crippen LogP contribution in [0.2, 0.25) is 0 Å². The number of pyridine rings is 1. The standard InChI is InChI=1S/C15H11F3N4O/c1-22-15-9(7-20-22)13(2-3-19-15)21-14(23)5-8-4-11(17)12(18)6-10(8)16/h2-4,6-7H,5H2,1H3,(H,19,21,23). The summed E-state index contributed by atoms with van der Waals surface area (Å²) in [5, 5.41) is 7.25. The number of aromatic nitrogens is 3. The summed E-state index contributed by atoms with van der Waals surface area (Å²) >= 11 is 0.